The number of phenolic OH excluding ortho intramolecular Hbond substituents is 5. The van der Waals surface area contributed by atoms with Gasteiger partial charge in [-0.05, 0) is 48.5 Å². The van der Waals surface area contributed by atoms with Gasteiger partial charge >= 0.3 is 0 Å². The van der Waals surface area contributed by atoms with Gasteiger partial charge in [-0.15, -0.1) is 0 Å². The van der Waals surface area contributed by atoms with Crippen LogP contribution < -0.4 is 15.6 Å². The molecule has 12 N–H and O–H groups in total. The zero-order valence-corrected chi connectivity index (χ0v) is 31.6. The first-order valence-corrected chi connectivity index (χ1v) is 18.6. The molecule has 0 saturated carbocycles. The number of rotatable bonds is 7. The normalized spacial score (nSPS) is 25.5. The fourth-order valence-corrected chi connectivity index (χ4v) is 7.90. The first kappa shape index (κ1) is 41.5. The van der Waals surface area contributed by atoms with E-state index in [-0.39, 0.29) is 34.1 Å². The summed E-state index contributed by atoms with van der Waals surface area (Å²) >= 11 is 0. The van der Waals surface area contributed by atoms with E-state index in [1.54, 1.807) is 0 Å². The van der Waals surface area contributed by atoms with Crippen molar-refractivity contribution in [2.45, 2.75) is 54.9 Å². The van der Waals surface area contributed by atoms with Gasteiger partial charge in [0, 0.05) is 23.3 Å². The van der Waals surface area contributed by atoms with Crippen LogP contribution in [-0.2, 0) is 9.47 Å². The monoisotopic (exact) mass is 846 g/mol. The average Bonchev–Trinajstić information content (AvgIpc) is 3.23. The van der Waals surface area contributed by atoms with Gasteiger partial charge in [-0.25, -0.2) is 0 Å². The molecule has 0 bridgehead atoms. The molecule has 0 aliphatic carbocycles. The van der Waals surface area contributed by atoms with Gasteiger partial charge < -0.3 is 84.3 Å². The summed E-state index contributed by atoms with van der Waals surface area (Å²) in [5.74, 6) is -4.44. The quantitative estimate of drug-likeness (QED) is 0.107. The van der Waals surface area contributed by atoms with Gasteiger partial charge in [0.1, 0.15) is 112 Å². The lowest BCUT2D eigenvalue weighted by Gasteiger charge is -2.40. The van der Waals surface area contributed by atoms with Crippen molar-refractivity contribution in [1.29, 1.82) is 0 Å². The van der Waals surface area contributed by atoms with Crippen LogP contribution in [0, 0.1) is 0 Å². The molecule has 8 rings (SSSR count). The van der Waals surface area contributed by atoms with Gasteiger partial charge in [-0.2, -0.15) is 0 Å². The van der Waals surface area contributed by atoms with Crippen molar-refractivity contribution in [3.63, 3.8) is 0 Å². The fourth-order valence-electron chi connectivity index (χ4n) is 7.90. The third kappa shape index (κ3) is 6.68. The summed E-state index contributed by atoms with van der Waals surface area (Å²) in [5.41, 5.74) is -5.64. The topological polar surface area (TPSA) is 331 Å². The van der Waals surface area contributed by atoms with Crippen LogP contribution in [0.5, 0.6) is 34.5 Å². The van der Waals surface area contributed by atoms with E-state index in [2.05, 4.69) is 0 Å². The molecule has 2 fully saturated rings. The van der Waals surface area contributed by atoms with Crippen molar-refractivity contribution in [1.82, 2.24) is 0 Å². The van der Waals surface area contributed by atoms with Gasteiger partial charge in [0.15, 0.2) is 22.0 Å². The van der Waals surface area contributed by atoms with E-state index in [0.717, 1.165) is 19.2 Å². The maximum Gasteiger partial charge on any atom is 0.197 e. The summed E-state index contributed by atoms with van der Waals surface area (Å²) < 4.78 is 29.6. The zero-order chi connectivity index (χ0) is 43.8. The second-order valence-corrected chi connectivity index (χ2v) is 14.7. The van der Waals surface area contributed by atoms with Crippen molar-refractivity contribution >= 4 is 21.9 Å². The molecule has 320 valence electrons. The summed E-state index contributed by atoms with van der Waals surface area (Å²) in [6, 6.07) is 12.6. The van der Waals surface area contributed by atoms with Crippen molar-refractivity contribution in [3.05, 3.63) is 92.2 Å². The molecule has 9 atom stereocenters. The predicted molar refractivity (Wildman–Crippen MR) is 209 cm³/mol. The Morgan fingerprint density at radius 3 is 1.62 bits per heavy atom. The maximum atomic E-state index is 14.4. The molecular formula is C42H38O19. The van der Waals surface area contributed by atoms with E-state index in [1.807, 2.05) is 0 Å². The Kier molecular flexibility index (Phi) is 10.6. The van der Waals surface area contributed by atoms with Gasteiger partial charge in [0.05, 0.1) is 42.6 Å². The van der Waals surface area contributed by atoms with Crippen LogP contribution in [0.1, 0.15) is 23.3 Å². The van der Waals surface area contributed by atoms with Crippen LogP contribution in [0.25, 0.3) is 55.7 Å². The molecule has 61 heavy (non-hydrogen) atoms. The average molecular weight is 847 g/mol. The van der Waals surface area contributed by atoms with Crippen LogP contribution in [0.2, 0.25) is 0 Å². The molecular weight excluding hydrogens is 808 g/mol. The maximum absolute atomic E-state index is 14.4. The Labute approximate surface area is 341 Å². The van der Waals surface area contributed by atoms with E-state index >= 15 is 0 Å². The van der Waals surface area contributed by atoms with Crippen molar-refractivity contribution < 1.29 is 84.3 Å². The number of benzene rings is 4. The van der Waals surface area contributed by atoms with E-state index in [0.29, 0.717) is 0 Å². The highest BCUT2D eigenvalue weighted by Crippen LogP contribution is 2.57. The van der Waals surface area contributed by atoms with Crippen LogP contribution in [0.15, 0.2) is 79.1 Å². The number of aromatic hydroxyl groups is 5. The Morgan fingerprint density at radius 2 is 1.10 bits per heavy atom. The number of aliphatic hydroxyl groups is 7. The summed E-state index contributed by atoms with van der Waals surface area (Å²) in [6.07, 6.45) is -17.1. The first-order chi connectivity index (χ1) is 29.1. The predicted octanol–water partition coefficient (Wildman–Crippen LogP) is 1.11. The van der Waals surface area contributed by atoms with E-state index in [9.17, 15) is 70.9 Å². The van der Waals surface area contributed by atoms with Gasteiger partial charge in [0.2, 0.25) is 0 Å². The second-order valence-electron chi connectivity index (χ2n) is 14.7. The number of ether oxygens (including phenoxy) is 3. The third-order valence-electron chi connectivity index (χ3n) is 11.0. The molecule has 2 saturated heterocycles. The van der Waals surface area contributed by atoms with Gasteiger partial charge in [-0.1, -0.05) is 0 Å². The number of hydrogen-bond acceptors (Lipinski definition) is 19. The fraction of sp³-hybridized carbons (Fsp3) is 0.286. The molecule has 4 aromatic carbocycles. The molecule has 9 unspecified atom stereocenters. The molecule has 0 radical (unpaired) electrons. The molecule has 0 amide bonds. The minimum absolute atomic E-state index is 0.143. The van der Waals surface area contributed by atoms with Crippen LogP contribution in [0.3, 0.4) is 0 Å². The van der Waals surface area contributed by atoms with Crippen LogP contribution in [0.4, 0.5) is 0 Å². The standard InChI is InChI=1S/C42H38O19/c1-57-38-25-19(47)11-22(15-4-8-17(45)9-5-15)60-40(25)27(34(53)29(38)41-36(55)30(49)20(48)13-58-41)26-33(52)28(42-37(56)35(54)31(50)23(12-43)61-42)32(51)24-18(46)10-21(59-39(24)26)14-2-6-16(44)7-3-14/h2-11,20,23,30-31,35-37,41-45,48-56H,12-13H2,1H3. The van der Waals surface area contributed by atoms with Crippen molar-refractivity contribution in [3.8, 4) is 68.3 Å². The van der Waals surface area contributed by atoms with Gasteiger partial charge in [-0.3, -0.25) is 9.59 Å². The summed E-state index contributed by atoms with van der Waals surface area (Å²) in [4.78, 5) is 28.6. The summed E-state index contributed by atoms with van der Waals surface area (Å²) in [5, 5.41) is 131. The number of hydrogen-bond donors (Lipinski definition) is 12. The number of phenols is 5. The Bertz CT molecular complexity index is 2780. The first-order valence-electron chi connectivity index (χ1n) is 18.6. The Balaban J connectivity index is 1.57. The number of aliphatic hydroxyl groups excluding tert-OH is 7. The lowest BCUT2D eigenvalue weighted by molar-refractivity contribution is -0.232. The van der Waals surface area contributed by atoms with Crippen molar-refractivity contribution in [2.24, 2.45) is 0 Å². The SMILES string of the molecule is COc1c(C2OCC(O)C(O)C2O)c(O)c(-c2c(O)c(C3OC(CO)C(O)C(O)C3O)c(O)c3c(=O)cc(-c4ccc(O)cc4)oc23)c2oc(-c3ccc(O)cc3)cc(=O)c12. The summed E-state index contributed by atoms with van der Waals surface area (Å²) in [6.45, 7) is -1.54. The lowest BCUT2D eigenvalue weighted by atomic mass is 9.85. The highest BCUT2D eigenvalue weighted by atomic mass is 16.5. The highest BCUT2D eigenvalue weighted by Gasteiger charge is 2.48. The molecule has 6 aromatic rings. The smallest absolute Gasteiger partial charge is 0.197 e. The third-order valence-corrected chi connectivity index (χ3v) is 11.0. The van der Waals surface area contributed by atoms with Gasteiger partial charge in [0.25, 0.3) is 0 Å². The second kappa shape index (κ2) is 15.6. The molecule has 19 heteroatoms. The van der Waals surface area contributed by atoms with Crippen molar-refractivity contribution in [2.75, 3.05) is 20.3 Å². The Hall–Kier alpha value is -6.26. The molecule has 0 spiro atoms. The van der Waals surface area contributed by atoms with E-state index in [4.69, 9.17) is 23.0 Å². The zero-order valence-electron chi connectivity index (χ0n) is 31.6. The largest absolute Gasteiger partial charge is 0.508 e. The molecule has 4 heterocycles. The Morgan fingerprint density at radius 1 is 0.607 bits per heavy atom. The molecule has 2 aliphatic heterocycles. The lowest BCUT2D eigenvalue weighted by Crippen LogP contribution is -2.55. The number of methoxy groups -OCH3 is 1. The minimum Gasteiger partial charge on any atom is -0.508 e. The minimum atomic E-state index is -2.17. The highest BCUT2D eigenvalue weighted by molar-refractivity contribution is 6.10. The molecule has 2 aliphatic rings. The number of fused-ring (bicyclic) bond motifs is 2. The van der Waals surface area contributed by atoms with Crippen LogP contribution >= 0.6 is 0 Å². The van der Waals surface area contributed by atoms with E-state index in [1.165, 1.54) is 48.5 Å². The van der Waals surface area contributed by atoms with E-state index < -0.39 is 146 Å². The molecule has 19 nitrogen and oxygen atoms in total. The van der Waals surface area contributed by atoms with Crippen LogP contribution in [-0.4, -0.2) is 124 Å². The summed E-state index contributed by atoms with van der Waals surface area (Å²) in [7, 11) is 1.10. The molecule has 2 aromatic heterocycles.